The number of benzene rings is 1. The van der Waals surface area contributed by atoms with E-state index in [1.807, 2.05) is 0 Å². The SMILES string of the molecule is Cl.O=C(O)c1ccccc1OCCN1CCOC2CCCCC21. The molecule has 5 nitrogen and oxygen atoms in total. The highest BCUT2D eigenvalue weighted by Gasteiger charge is 2.33. The molecule has 1 aromatic carbocycles. The fourth-order valence-corrected chi connectivity index (χ4v) is 3.50. The molecule has 0 bridgehead atoms. The highest BCUT2D eigenvalue weighted by atomic mass is 35.5. The fraction of sp³-hybridized carbons (Fsp3) is 0.588. The first-order chi connectivity index (χ1) is 10.8. The molecular weight excluding hydrogens is 318 g/mol. The van der Waals surface area contributed by atoms with Crippen molar-refractivity contribution in [2.45, 2.75) is 37.8 Å². The predicted octanol–water partition coefficient (Wildman–Crippen LogP) is 2.83. The number of hydrogen-bond donors (Lipinski definition) is 1. The van der Waals surface area contributed by atoms with Crippen molar-refractivity contribution in [1.29, 1.82) is 0 Å². The first-order valence-corrected chi connectivity index (χ1v) is 8.06. The zero-order chi connectivity index (χ0) is 15.4. The van der Waals surface area contributed by atoms with Gasteiger partial charge in [-0.25, -0.2) is 4.79 Å². The summed E-state index contributed by atoms with van der Waals surface area (Å²) < 4.78 is 11.6. The van der Waals surface area contributed by atoms with Crippen LogP contribution in [0, 0.1) is 0 Å². The largest absolute Gasteiger partial charge is 0.491 e. The van der Waals surface area contributed by atoms with Crippen LogP contribution in [-0.4, -0.2) is 54.4 Å². The monoisotopic (exact) mass is 341 g/mol. The van der Waals surface area contributed by atoms with Crippen LogP contribution in [-0.2, 0) is 4.74 Å². The van der Waals surface area contributed by atoms with Gasteiger partial charge in [0.05, 0.1) is 12.7 Å². The zero-order valence-electron chi connectivity index (χ0n) is 13.1. The van der Waals surface area contributed by atoms with E-state index in [9.17, 15) is 4.79 Å². The number of carbonyl (C=O) groups is 1. The molecule has 1 aromatic rings. The summed E-state index contributed by atoms with van der Waals surface area (Å²) in [7, 11) is 0. The van der Waals surface area contributed by atoms with E-state index in [0.717, 1.165) is 26.1 Å². The lowest BCUT2D eigenvalue weighted by molar-refractivity contribution is -0.0901. The van der Waals surface area contributed by atoms with Gasteiger partial charge in [0.1, 0.15) is 17.9 Å². The van der Waals surface area contributed by atoms with Crippen LogP contribution in [0.2, 0.25) is 0 Å². The van der Waals surface area contributed by atoms with Gasteiger partial charge in [-0.05, 0) is 25.0 Å². The maximum Gasteiger partial charge on any atom is 0.339 e. The van der Waals surface area contributed by atoms with Crippen molar-refractivity contribution in [2.75, 3.05) is 26.3 Å². The number of carboxylic acids is 1. The molecule has 128 valence electrons. The van der Waals surface area contributed by atoms with E-state index in [4.69, 9.17) is 14.6 Å². The molecule has 2 aliphatic rings. The molecule has 23 heavy (non-hydrogen) atoms. The minimum atomic E-state index is -0.950. The quantitative estimate of drug-likeness (QED) is 0.892. The number of morpholine rings is 1. The summed E-state index contributed by atoms with van der Waals surface area (Å²) in [6.07, 6.45) is 5.25. The molecular formula is C17H24ClNO4. The molecule has 1 saturated carbocycles. The summed E-state index contributed by atoms with van der Waals surface area (Å²) >= 11 is 0. The molecule has 0 spiro atoms. The first-order valence-electron chi connectivity index (χ1n) is 8.06. The number of carboxylic acid groups (broad SMARTS) is 1. The molecule has 2 fully saturated rings. The summed E-state index contributed by atoms with van der Waals surface area (Å²) in [5, 5.41) is 9.16. The highest BCUT2D eigenvalue weighted by Crippen LogP contribution is 2.28. The van der Waals surface area contributed by atoms with Crippen molar-refractivity contribution < 1.29 is 19.4 Å². The summed E-state index contributed by atoms with van der Waals surface area (Å²) in [6.45, 7) is 3.05. The van der Waals surface area contributed by atoms with Crippen molar-refractivity contribution >= 4 is 18.4 Å². The Morgan fingerprint density at radius 3 is 2.91 bits per heavy atom. The van der Waals surface area contributed by atoms with Crippen LogP contribution in [0.5, 0.6) is 5.75 Å². The molecule has 6 heteroatoms. The third kappa shape index (κ3) is 4.37. The summed E-state index contributed by atoms with van der Waals surface area (Å²) in [6, 6.07) is 7.30. The second-order valence-corrected chi connectivity index (χ2v) is 5.95. The van der Waals surface area contributed by atoms with E-state index in [-0.39, 0.29) is 18.0 Å². The summed E-state index contributed by atoms with van der Waals surface area (Å²) in [4.78, 5) is 13.6. The minimum absolute atomic E-state index is 0. The number of aromatic carboxylic acids is 1. The van der Waals surface area contributed by atoms with Gasteiger partial charge in [0.25, 0.3) is 0 Å². The van der Waals surface area contributed by atoms with Crippen LogP contribution in [0.4, 0.5) is 0 Å². The highest BCUT2D eigenvalue weighted by molar-refractivity contribution is 5.90. The van der Waals surface area contributed by atoms with Crippen molar-refractivity contribution in [2.24, 2.45) is 0 Å². The lowest BCUT2D eigenvalue weighted by atomic mass is 9.90. The molecule has 0 radical (unpaired) electrons. The second-order valence-electron chi connectivity index (χ2n) is 5.95. The van der Waals surface area contributed by atoms with Crippen LogP contribution in [0.25, 0.3) is 0 Å². The van der Waals surface area contributed by atoms with Crippen LogP contribution < -0.4 is 4.74 Å². The van der Waals surface area contributed by atoms with E-state index >= 15 is 0 Å². The number of para-hydroxylation sites is 1. The van der Waals surface area contributed by atoms with Gasteiger partial charge in [0, 0.05) is 19.1 Å². The Kier molecular flexibility index (Phi) is 6.69. The molecule has 1 aliphatic heterocycles. The van der Waals surface area contributed by atoms with E-state index in [1.54, 1.807) is 24.3 Å². The molecule has 2 unspecified atom stereocenters. The van der Waals surface area contributed by atoms with Gasteiger partial charge in [-0.15, -0.1) is 12.4 Å². The summed E-state index contributed by atoms with van der Waals surface area (Å²) in [5.41, 5.74) is 0.222. The Bertz CT molecular complexity index is 523. The maximum atomic E-state index is 11.2. The van der Waals surface area contributed by atoms with Gasteiger partial charge in [-0.2, -0.15) is 0 Å². The van der Waals surface area contributed by atoms with Crippen LogP contribution in [0.3, 0.4) is 0 Å². The van der Waals surface area contributed by atoms with Crippen LogP contribution in [0.15, 0.2) is 24.3 Å². The van der Waals surface area contributed by atoms with Crippen molar-refractivity contribution in [3.8, 4) is 5.75 Å². The Hall–Kier alpha value is -1.30. The van der Waals surface area contributed by atoms with E-state index in [1.165, 1.54) is 19.3 Å². The Balaban J connectivity index is 0.00000192. The molecule has 2 atom stereocenters. The molecule has 0 aromatic heterocycles. The maximum absolute atomic E-state index is 11.2. The molecule has 1 saturated heterocycles. The van der Waals surface area contributed by atoms with Gasteiger partial charge >= 0.3 is 5.97 Å². The normalized spacial score (nSPS) is 24.3. The lowest BCUT2D eigenvalue weighted by Crippen LogP contribution is -2.53. The lowest BCUT2D eigenvalue weighted by Gasteiger charge is -2.43. The molecule has 1 heterocycles. The van der Waals surface area contributed by atoms with Gasteiger partial charge in [-0.1, -0.05) is 25.0 Å². The van der Waals surface area contributed by atoms with Gasteiger partial charge in [0.15, 0.2) is 0 Å². The van der Waals surface area contributed by atoms with Crippen molar-refractivity contribution in [1.82, 2.24) is 4.90 Å². The second kappa shape index (κ2) is 8.52. The molecule has 0 amide bonds. The van der Waals surface area contributed by atoms with Crippen molar-refractivity contribution in [3.05, 3.63) is 29.8 Å². The Morgan fingerprint density at radius 2 is 2.09 bits per heavy atom. The van der Waals surface area contributed by atoms with Gasteiger partial charge in [-0.3, -0.25) is 4.90 Å². The number of rotatable bonds is 5. The van der Waals surface area contributed by atoms with E-state index in [0.29, 0.717) is 24.5 Å². The standard InChI is InChI=1S/C17H23NO4.ClH/c19-17(20)13-5-1-3-7-15(13)21-11-9-18-10-12-22-16-8-4-2-6-14(16)18;/h1,3,5,7,14,16H,2,4,6,8-12H2,(H,19,20);1H. The third-order valence-corrected chi connectivity index (χ3v) is 4.60. The number of halogens is 1. The Morgan fingerprint density at radius 1 is 1.30 bits per heavy atom. The van der Waals surface area contributed by atoms with Crippen molar-refractivity contribution in [3.63, 3.8) is 0 Å². The molecule has 3 rings (SSSR count). The topological polar surface area (TPSA) is 59.0 Å². The fourth-order valence-electron chi connectivity index (χ4n) is 3.50. The predicted molar refractivity (Wildman–Crippen MR) is 89.7 cm³/mol. The smallest absolute Gasteiger partial charge is 0.339 e. The molecule has 1 aliphatic carbocycles. The van der Waals surface area contributed by atoms with E-state index < -0.39 is 5.97 Å². The van der Waals surface area contributed by atoms with Gasteiger partial charge < -0.3 is 14.6 Å². The average Bonchev–Trinajstić information content (AvgIpc) is 2.55. The number of ether oxygens (including phenoxy) is 2. The first kappa shape index (κ1) is 18.0. The number of nitrogens with zero attached hydrogens (tertiary/aromatic N) is 1. The average molecular weight is 342 g/mol. The minimum Gasteiger partial charge on any atom is -0.491 e. The van der Waals surface area contributed by atoms with Crippen LogP contribution in [0.1, 0.15) is 36.0 Å². The third-order valence-electron chi connectivity index (χ3n) is 4.60. The van der Waals surface area contributed by atoms with Gasteiger partial charge in [0.2, 0.25) is 0 Å². The number of hydrogen-bond acceptors (Lipinski definition) is 4. The molecule has 1 N–H and O–H groups in total. The van der Waals surface area contributed by atoms with Crippen LogP contribution >= 0.6 is 12.4 Å². The summed E-state index contributed by atoms with van der Waals surface area (Å²) in [5.74, 6) is -0.502. The van der Waals surface area contributed by atoms with E-state index in [2.05, 4.69) is 4.90 Å². The zero-order valence-corrected chi connectivity index (χ0v) is 14.0. The Labute approximate surface area is 143 Å². The number of fused-ring (bicyclic) bond motifs is 1.